The van der Waals surface area contributed by atoms with Gasteiger partial charge in [-0.1, -0.05) is 0 Å². The maximum Gasteiger partial charge on any atom is 0.246 e. The van der Waals surface area contributed by atoms with E-state index in [2.05, 4.69) is 11.9 Å². The largest absolute Gasteiger partial charge is 0.508 e. The highest BCUT2D eigenvalue weighted by Gasteiger charge is 2.66. The number of nitrogens with zero attached hydrogens (tertiary/aromatic N) is 2. The summed E-state index contributed by atoms with van der Waals surface area (Å²) in [5, 5.41) is 10.7. The van der Waals surface area contributed by atoms with Crippen molar-refractivity contribution >= 4 is 12.0 Å². The summed E-state index contributed by atoms with van der Waals surface area (Å²) < 4.78 is 11.7. The predicted octanol–water partition coefficient (Wildman–Crippen LogP) is 3.19. The number of aromatic hydroxyl groups is 1. The SMILES string of the molecule is CN1CC[C@@]23c4c5ccc(O)c4C[C@@H]1[C@@H]2CC[C@@H](N(C)C(=O)/C=C/c1ccoc1)[C@@H]3O5. The fourth-order valence-corrected chi connectivity index (χ4v) is 6.94. The molecule has 3 heterocycles. The normalized spacial score (nSPS) is 33.2. The van der Waals surface area contributed by atoms with E-state index in [-0.39, 0.29) is 23.5 Å². The molecule has 1 spiro atoms. The summed E-state index contributed by atoms with van der Waals surface area (Å²) in [5.74, 6) is 1.76. The van der Waals surface area contributed by atoms with Crippen LogP contribution in [-0.2, 0) is 16.6 Å². The van der Waals surface area contributed by atoms with Gasteiger partial charge in [0.05, 0.1) is 18.6 Å². The molecule has 0 unspecified atom stereocenters. The molecule has 0 radical (unpaired) electrons. The summed E-state index contributed by atoms with van der Waals surface area (Å²) in [6, 6.07) is 5.95. The zero-order valence-electron chi connectivity index (χ0n) is 18.0. The second-order valence-electron chi connectivity index (χ2n) is 9.61. The van der Waals surface area contributed by atoms with Crippen LogP contribution in [0.3, 0.4) is 0 Å². The third-order valence-corrected chi connectivity index (χ3v) is 8.39. The van der Waals surface area contributed by atoms with E-state index < -0.39 is 0 Å². The van der Waals surface area contributed by atoms with Gasteiger partial charge in [-0.3, -0.25) is 4.79 Å². The standard InChI is InChI=1S/C25H28N2O4/c1-26-11-10-25-17-4-5-18(27(2)22(29)8-3-15-9-12-30-14-15)24(25)31-21-7-6-20(28)16(23(21)25)13-19(17)26/h3,6-9,12,14,17-19,24,28H,4-5,10-11,13H2,1-2H3/b8-3+/t17-,18+,19+,24-,25-/m0/s1. The Hall–Kier alpha value is -2.73. The first-order valence-corrected chi connectivity index (χ1v) is 11.2. The lowest BCUT2D eigenvalue weighted by Gasteiger charge is -2.59. The second kappa shape index (κ2) is 6.63. The van der Waals surface area contributed by atoms with Crippen molar-refractivity contribution in [2.24, 2.45) is 5.92 Å². The molecule has 2 aliphatic carbocycles. The molecule has 1 amide bonds. The maximum atomic E-state index is 13.0. The number of carbonyl (C=O) groups is 1. The lowest BCUT2D eigenvalue weighted by molar-refractivity contribution is -0.134. The van der Waals surface area contributed by atoms with Gasteiger partial charge in [-0.25, -0.2) is 0 Å². The molecule has 2 aliphatic heterocycles. The molecular weight excluding hydrogens is 392 g/mol. The zero-order chi connectivity index (χ0) is 21.3. The number of hydrogen-bond acceptors (Lipinski definition) is 5. The molecule has 162 valence electrons. The first kappa shape index (κ1) is 19.0. The van der Waals surface area contributed by atoms with Crippen molar-refractivity contribution in [3.05, 3.63) is 53.5 Å². The Bertz CT molecular complexity index is 1060. The summed E-state index contributed by atoms with van der Waals surface area (Å²) >= 11 is 0. The van der Waals surface area contributed by atoms with Crippen molar-refractivity contribution in [3.8, 4) is 11.5 Å². The van der Waals surface area contributed by atoms with E-state index in [1.807, 2.05) is 24.1 Å². The highest BCUT2D eigenvalue weighted by atomic mass is 16.5. The van der Waals surface area contributed by atoms with Crippen molar-refractivity contribution < 1.29 is 19.1 Å². The van der Waals surface area contributed by atoms with E-state index in [1.54, 1.807) is 30.7 Å². The van der Waals surface area contributed by atoms with E-state index in [0.717, 1.165) is 49.1 Å². The van der Waals surface area contributed by atoms with Crippen molar-refractivity contribution in [1.82, 2.24) is 9.80 Å². The molecule has 1 saturated carbocycles. The number of amides is 1. The molecule has 1 N–H and O–H groups in total. The third-order valence-electron chi connectivity index (χ3n) is 8.39. The first-order valence-electron chi connectivity index (χ1n) is 11.2. The lowest BCUT2D eigenvalue weighted by atomic mass is 9.51. The smallest absolute Gasteiger partial charge is 0.246 e. The summed E-state index contributed by atoms with van der Waals surface area (Å²) in [6.07, 6.45) is 10.4. The number of phenols is 1. The van der Waals surface area contributed by atoms with E-state index in [1.165, 1.54) is 5.56 Å². The molecule has 6 heteroatoms. The topological polar surface area (TPSA) is 66.2 Å². The zero-order valence-corrected chi connectivity index (χ0v) is 18.0. The van der Waals surface area contributed by atoms with Crippen LogP contribution in [0.5, 0.6) is 11.5 Å². The molecule has 2 bridgehead atoms. The Kier molecular flexibility index (Phi) is 4.06. The highest BCUT2D eigenvalue weighted by Crippen LogP contribution is 2.63. The van der Waals surface area contributed by atoms with Gasteiger partial charge >= 0.3 is 0 Å². The number of benzene rings is 1. The van der Waals surface area contributed by atoms with E-state index in [9.17, 15) is 9.90 Å². The molecule has 1 aromatic heterocycles. The summed E-state index contributed by atoms with van der Waals surface area (Å²) in [7, 11) is 4.10. The van der Waals surface area contributed by atoms with Gasteiger partial charge in [-0.2, -0.15) is 0 Å². The fraction of sp³-hybridized carbons (Fsp3) is 0.480. The van der Waals surface area contributed by atoms with Gasteiger partial charge in [0.15, 0.2) is 0 Å². The Labute approximate surface area is 182 Å². The minimum absolute atomic E-state index is 0.00213. The van der Waals surface area contributed by atoms with Gasteiger partial charge in [0.25, 0.3) is 0 Å². The van der Waals surface area contributed by atoms with Crippen LogP contribution in [0.1, 0.15) is 36.0 Å². The molecule has 4 aliphatic rings. The van der Waals surface area contributed by atoms with Gasteiger partial charge in [0.1, 0.15) is 17.6 Å². The molecule has 6 nitrogen and oxygen atoms in total. The number of ether oxygens (including phenoxy) is 1. The number of rotatable bonds is 3. The number of piperidine rings is 1. The summed E-state index contributed by atoms with van der Waals surface area (Å²) in [4.78, 5) is 17.4. The van der Waals surface area contributed by atoms with Crippen LogP contribution < -0.4 is 4.74 Å². The van der Waals surface area contributed by atoms with Gasteiger partial charge in [0, 0.05) is 41.3 Å². The number of phenolic OH excluding ortho intramolecular Hbond substituents is 1. The van der Waals surface area contributed by atoms with Crippen LogP contribution >= 0.6 is 0 Å². The van der Waals surface area contributed by atoms with E-state index in [0.29, 0.717) is 17.7 Å². The number of hydrogen-bond donors (Lipinski definition) is 1. The number of carbonyl (C=O) groups excluding carboxylic acids is 1. The van der Waals surface area contributed by atoms with Crippen LogP contribution in [0.2, 0.25) is 0 Å². The minimum atomic E-state index is -0.120. The summed E-state index contributed by atoms with van der Waals surface area (Å²) in [6.45, 7) is 1.01. The van der Waals surface area contributed by atoms with E-state index >= 15 is 0 Å². The Morgan fingerprint density at radius 3 is 3.00 bits per heavy atom. The van der Waals surface area contributed by atoms with Gasteiger partial charge < -0.3 is 24.1 Å². The van der Waals surface area contributed by atoms with Gasteiger partial charge in [0.2, 0.25) is 5.91 Å². The lowest BCUT2D eigenvalue weighted by Crippen LogP contribution is -2.68. The molecule has 2 aromatic rings. The number of likely N-dealkylation sites (tertiary alicyclic amines) is 1. The van der Waals surface area contributed by atoms with Crippen LogP contribution in [-0.4, -0.2) is 59.6 Å². The first-order chi connectivity index (χ1) is 15.0. The molecule has 1 aromatic carbocycles. The molecule has 2 fully saturated rings. The minimum Gasteiger partial charge on any atom is -0.508 e. The average molecular weight is 421 g/mol. The average Bonchev–Trinajstić information content (AvgIpc) is 3.40. The second-order valence-corrected chi connectivity index (χ2v) is 9.61. The number of likely N-dealkylation sites (N-methyl/N-ethyl adjacent to an activating group) is 2. The van der Waals surface area contributed by atoms with Gasteiger partial charge in [-0.05, 0) is 69.5 Å². The van der Waals surface area contributed by atoms with Crippen molar-refractivity contribution in [2.75, 3.05) is 20.6 Å². The van der Waals surface area contributed by atoms with Crippen molar-refractivity contribution in [3.63, 3.8) is 0 Å². The number of furan rings is 1. The molecule has 5 atom stereocenters. The Morgan fingerprint density at radius 1 is 1.32 bits per heavy atom. The van der Waals surface area contributed by atoms with Crippen LogP contribution in [0.15, 0.2) is 41.2 Å². The van der Waals surface area contributed by atoms with Crippen molar-refractivity contribution in [1.29, 1.82) is 0 Å². The Morgan fingerprint density at radius 2 is 2.19 bits per heavy atom. The third kappa shape index (κ3) is 2.51. The summed E-state index contributed by atoms with van der Waals surface area (Å²) in [5.41, 5.74) is 3.04. The molecule has 31 heavy (non-hydrogen) atoms. The molecule has 1 saturated heterocycles. The van der Waals surface area contributed by atoms with Gasteiger partial charge in [-0.15, -0.1) is 0 Å². The Balaban J connectivity index is 1.38. The van der Waals surface area contributed by atoms with E-state index in [4.69, 9.17) is 9.15 Å². The monoisotopic (exact) mass is 420 g/mol. The van der Waals surface area contributed by atoms with Crippen LogP contribution in [0, 0.1) is 5.92 Å². The fourth-order valence-electron chi connectivity index (χ4n) is 6.94. The quantitative estimate of drug-likeness (QED) is 0.773. The molecular formula is C25H28N2O4. The molecule has 6 rings (SSSR count). The van der Waals surface area contributed by atoms with Crippen LogP contribution in [0.4, 0.5) is 0 Å². The van der Waals surface area contributed by atoms with Crippen molar-refractivity contribution in [2.45, 2.75) is 49.3 Å². The predicted molar refractivity (Wildman–Crippen MR) is 116 cm³/mol. The highest BCUT2D eigenvalue weighted by molar-refractivity contribution is 5.91. The maximum absolute atomic E-state index is 13.0. The van der Waals surface area contributed by atoms with Crippen LogP contribution in [0.25, 0.3) is 6.08 Å².